The van der Waals surface area contributed by atoms with Gasteiger partial charge in [0, 0.05) is 69.9 Å². The van der Waals surface area contributed by atoms with Gasteiger partial charge in [0.25, 0.3) is 0 Å². The number of amides is 2. The number of piperazine rings is 1. The second-order valence-electron chi connectivity index (χ2n) is 9.59. The number of carbonyl (C=O) groups excluding carboxylic acids is 2. The summed E-state index contributed by atoms with van der Waals surface area (Å²) in [4.78, 5) is 32.2. The molecule has 6 nitrogen and oxygen atoms in total. The van der Waals surface area contributed by atoms with Gasteiger partial charge in [0.2, 0.25) is 11.8 Å². The molecule has 2 saturated heterocycles. The Kier molecular flexibility index (Phi) is 8.58. The maximum atomic E-state index is 12.8. The number of aryl methyl sites for hydroxylation is 1. The molecule has 2 fully saturated rings. The van der Waals surface area contributed by atoms with Crippen LogP contribution in [0.15, 0.2) is 60.7 Å². The molecular formula is C28H38N4O2. The Labute approximate surface area is 203 Å². The lowest BCUT2D eigenvalue weighted by Gasteiger charge is -2.39. The van der Waals surface area contributed by atoms with Gasteiger partial charge < -0.3 is 15.1 Å². The predicted molar refractivity (Wildman–Crippen MR) is 137 cm³/mol. The maximum Gasteiger partial charge on any atom is 0.223 e. The molecule has 2 heterocycles. The number of nitrogens with one attached hydrogen (secondary N) is 1. The molecule has 1 N–H and O–H groups in total. The third kappa shape index (κ3) is 6.60. The fourth-order valence-electron chi connectivity index (χ4n) is 5.03. The van der Waals surface area contributed by atoms with Gasteiger partial charge >= 0.3 is 0 Å². The van der Waals surface area contributed by atoms with E-state index in [2.05, 4.69) is 64.5 Å². The van der Waals surface area contributed by atoms with E-state index in [1.165, 1.54) is 11.3 Å². The highest BCUT2D eigenvalue weighted by Gasteiger charge is 2.28. The Morgan fingerprint density at radius 3 is 2.15 bits per heavy atom. The molecule has 0 bridgehead atoms. The van der Waals surface area contributed by atoms with Crippen molar-refractivity contribution in [1.29, 1.82) is 0 Å². The van der Waals surface area contributed by atoms with Gasteiger partial charge in [0.15, 0.2) is 0 Å². The molecule has 2 aromatic rings. The summed E-state index contributed by atoms with van der Waals surface area (Å²) in [5, 5.41) is 3.19. The number of rotatable bonds is 8. The lowest BCUT2D eigenvalue weighted by atomic mass is 9.95. The van der Waals surface area contributed by atoms with Crippen molar-refractivity contribution in [2.75, 3.05) is 50.7 Å². The van der Waals surface area contributed by atoms with Gasteiger partial charge in [-0.05, 0) is 43.9 Å². The molecule has 1 unspecified atom stereocenters. The van der Waals surface area contributed by atoms with Crippen LogP contribution in [0.3, 0.4) is 0 Å². The van der Waals surface area contributed by atoms with E-state index >= 15 is 0 Å². The molecule has 6 heteroatoms. The first kappa shape index (κ1) is 24.3. The van der Waals surface area contributed by atoms with E-state index in [0.717, 1.165) is 45.4 Å². The predicted octanol–water partition coefficient (Wildman–Crippen LogP) is 3.18. The van der Waals surface area contributed by atoms with E-state index in [-0.39, 0.29) is 17.7 Å². The minimum absolute atomic E-state index is 0.0142. The van der Waals surface area contributed by atoms with Gasteiger partial charge in [-0.25, -0.2) is 0 Å². The Morgan fingerprint density at radius 2 is 1.50 bits per heavy atom. The minimum atomic E-state index is 0.0142. The van der Waals surface area contributed by atoms with Crippen molar-refractivity contribution in [2.45, 2.75) is 38.6 Å². The number of anilines is 1. The smallest absolute Gasteiger partial charge is 0.223 e. The summed E-state index contributed by atoms with van der Waals surface area (Å²) < 4.78 is 0. The highest BCUT2D eigenvalue weighted by molar-refractivity contribution is 5.80. The average molecular weight is 463 g/mol. The Hall–Kier alpha value is -2.86. The summed E-state index contributed by atoms with van der Waals surface area (Å²) in [6, 6.07) is 21.0. The zero-order valence-corrected chi connectivity index (χ0v) is 20.4. The summed E-state index contributed by atoms with van der Waals surface area (Å²) in [6.45, 7) is 8.29. The van der Waals surface area contributed by atoms with Crippen molar-refractivity contribution in [3.05, 3.63) is 66.2 Å². The van der Waals surface area contributed by atoms with Crippen LogP contribution < -0.4 is 10.2 Å². The third-order valence-corrected chi connectivity index (χ3v) is 7.32. The van der Waals surface area contributed by atoms with E-state index in [9.17, 15) is 9.59 Å². The fourth-order valence-corrected chi connectivity index (χ4v) is 5.03. The second kappa shape index (κ2) is 12.0. The zero-order valence-electron chi connectivity index (χ0n) is 20.4. The molecule has 2 aliphatic rings. The van der Waals surface area contributed by atoms with Crippen molar-refractivity contribution in [3.63, 3.8) is 0 Å². The summed E-state index contributed by atoms with van der Waals surface area (Å²) >= 11 is 0. The van der Waals surface area contributed by atoms with Crippen LogP contribution in [-0.4, -0.2) is 73.5 Å². The van der Waals surface area contributed by atoms with Crippen LogP contribution in [0, 0.1) is 5.92 Å². The molecule has 0 spiro atoms. The summed E-state index contributed by atoms with van der Waals surface area (Å²) in [5.74, 6) is 0.359. The number of benzene rings is 2. The van der Waals surface area contributed by atoms with Gasteiger partial charge in [-0.3, -0.25) is 14.5 Å². The molecule has 0 saturated carbocycles. The highest BCUT2D eigenvalue weighted by Crippen LogP contribution is 2.19. The first-order valence-electron chi connectivity index (χ1n) is 12.7. The van der Waals surface area contributed by atoms with Gasteiger partial charge in [-0.1, -0.05) is 48.5 Å². The first-order valence-corrected chi connectivity index (χ1v) is 12.7. The molecule has 0 aromatic heterocycles. The number of para-hydroxylation sites is 1. The van der Waals surface area contributed by atoms with E-state index in [4.69, 9.17) is 0 Å². The van der Waals surface area contributed by atoms with Crippen LogP contribution in [0.4, 0.5) is 5.69 Å². The highest BCUT2D eigenvalue weighted by atomic mass is 16.2. The van der Waals surface area contributed by atoms with Crippen LogP contribution >= 0.6 is 0 Å². The number of hydrogen-bond donors (Lipinski definition) is 1. The summed E-state index contributed by atoms with van der Waals surface area (Å²) in [5.41, 5.74) is 2.48. The fraction of sp³-hybridized carbons (Fsp3) is 0.500. The maximum absolute atomic E-state index is 12.8. The van der Waals surface area contributed by atoms with E-state index in [1.54, 1.807) is 0 Å². The van der Waals surface area contributed by atoms with Crippen LogP contribution in [-0.2, 0) is 16.0 Å². The van der Waals surface area contributed by atoms with Gasteiger partial charge in [-0.2, -0.15) is 0 Å². The van der Waals surface area contributed by atoms with Crippen molar-refractivity contribution in [2.24, 2.45) is 5.92 Å². The molecule has 182 valence electrons. The molecule has 1 atom stereocenters. The van der Waals surface area contributed by atoms with Gasteiger partial charge in [0.1, 0.15) is 0 Å². The van der Waals surface area contributed by atoms with Crippen molar-refractivity contribution in [1.82, 2.24) is 15.1 Å². The topological polar surface area (TPSA) is 55.9 Å². The van der Waals surface area contributed by atoms with Crippen LogP contribution in [0.25, 0.3) is 0 Å². The molecule has 2 amide bonds. The normalized spacial score (nSPS) is 18.5. The van der Waals surface area contributed by atoms with E-state index in [0.29, 0.717) is 32.1 Å². The third-order valence-electron chi connectivity index (χ3n) is 7.32. The minimum Gasteiger partial charge on any atom is -0.369 e. The Bertz CT molecular complexity index is 905. The molecular weight excluding hydrogens is 424 g/mol. The van der Waals surface area contributed by atoms with Crippen LogP contribution in [0.2, 0.25) is 0 Å². The Balaban J connectivity index is 1.13. The van der Waals surface area contributed by atoms with Gasteiger partial charge in [-0.15, -0.1) is 0 Å². The number of hydrogen-bond acceptors (Lipinski definition) is 4. The number of nitrogens with zero attached hydrogens (tertiary/aromatic N) is 3. The molecule has 2 aromatic carbocycles. The first-order chi connectivity index (χ1) is 16.6. The van der Waals surface area contributed by atoms with Crippen molar-refractivity contribution in [3.8, 4) is 0 Å². The lowest BCUT2D eigenvalue weighted by Crippen LogP contribution is -2.53. The zero-order chi connectivity index (χ0) is 23.8. The summed E-state index contributed by atoms with van der Waals surface area (Å²) in [6.07, 6.45) is 2.83. The lowest BCUT2D eigenvalue weighted by molar-refractivity contribution is -0.135. The quantitative estimate of drug-likeness (QED) is 0.655. The Morgan fingerprint density at radius 1 is 0.882 bits per heavy atom. The number of likely N-dealkylation sites (tertiary alicyclic amines) is 1. The molecule has 2 aliphatic heterocycles. The standard InChI is InChI=1S/C28H38N4O2/c1-23(30-18-20-31(21-19-30)26-10-6-3-7-11-26)22-29-28(34)25-14-16-32(17-15-25)27(33)13-12-24-8-4-2-5-9-24/h2-11,23,25H,12-22H2,1H3,(H,29,34). The average Bonchev–Trinajstić information content (AvgIpc) is 2.91. The largest absolute Gasteiger partial charge is 0.369 e. The van der Waals surface area contributed by atoms with Crippen molar-refractivity contribution < 1.29 is 9.59 Å². The second-order valence-corrected chi connectivity index (χ2v) is 9.59. The SMILES string of the molecule is CC(CNC(=O)C1CCN(C(=O)CCc2ccccc2)CC1)N1CCN(c2ccccc2)CC1. The summed E-state index contributed by atoms with van der Waals surface area (Å²) in [7, 11) is 0. The monoisotopic (exact) mass is 462 g/mol. The van der Waals surface area contributed by atoms with Crippen molar-refractivity contribution >= 4 is 17.5 Å². The molecule has 4 rings (SSSR count). The van der Waals surface area contributed by atoms with E-state index in [1.807, 2.05) is 23.1 Å². The number of carbonyl (C=O) groups is 2. The van der Waals surface area contributed by atoms with E-state index < -0.39 is 0 Å². The van der Waals surface area contributed by atoms with Crippen LogP contribution in [0.1, 0.15) is 31.7 Å². The van der Waals surface area contributed by atoms with Crippen LogP contribution in [0.5, 0.6) is 0 Å². The molecule has 34 heavy (non-hydrogen) atoms. The molecule has 0 aliphatic carbocycles. The number of piperidine rings is 1. The molecule has 0 radical (unpaired) electrons. The van der Waals surface area contributed by atoms with Gasteiger partial charge in [0.05, 0.1) is 0 Å².